The number of hydrogen-bond donors (Lipinski definition) is 2. The molecule has 0 fully saturated rings. The van der Waals surface area contributed by atoms with E-state index in [1.807, 2.05) is 6.07 Å². The molecule has 2 amide bonds. The first-order valence-electron chi connectivity index (χ1n) is 7.53. The molecule has 0 radical (unpaired) electrons. The fourth-order valence-electron chi connectivity index (χ4n) is 1.88. The molecular weight excluding hydrogens is 364 g/mol. The van der Waals surface area contributed by atoms with Gasteiger partial charge in [0.05, 0.1) is 11.3 Å². The molecule has 2 N–H and O–H groups in total. The highest BCUT2D eigenvalue weighted by atomic mass is 35.5. The molecule has 6 nitrogen and oxygen atoms in total. The lowest BCUT2D eigenvalue weighted by Crippen LogP contribution is -2.30. The highest BCUT2D eigenvalue weighted by Crippen LogP contribution is 2.14. The van der Waals surface area contributed by atoms with Crippen LogP contribution in [0.25, 0.3) is 0 Å². The monoisotopic (exact) mass is 380 g/mol. The van der Waals surface area contributed by atoms with Crippen LogP contribution in [0.1, 0.15) is 21.7 Å². The lowest BCUT2D eigenvalue weighted by atomic mass is 10.2. The van der Waals surface area contributed by atoms with Gasteiger partial charge in [-0.2, -0.15) is 0 Å². The van der Waals surface area contributed by atoms with E-state index in [1.54, 1.807) is 35.7 Å². The van der Waals surface area contributed by atoms with Gasteiger partial charge in [-0.15, -0.1) is 11.3 Å². The summed E-state index contributed by atoms with van der Waals surface area (Å²) in [6, 6.07) is 10.6. The van der Waals surface area contributed by atoms with Gasteiger partial charge in [0.15, 0.2) is 6.61 Å². The quantitative estimate of drug-likeness (QED) is 0.688. The topological polar surface area (TPSA) is 84.5 Å². The van der Waals surface area contributed by atoms with Gasteiger partial charge in [0, 0.05) is 18.1 Å². The van der Waals surface area contributed by atoms with Gasteiger partial charge in [0.2, 0.25) is 0 Å². The molecule has 0 aliphatic carbocycles. The van der Waals surface area contributed by atoms with Crippen molar-refractivity contribution in [3.63, 3.8) is 0 Å². The molecule has 2 aromatic rings. The number of benzene rings is 1. The van der Waals surface area contributed by atoms with Crippen molar-refractivity contribution in [1.29, 1.82) is 0 Å². The van der Waals surface area contributed by atoms with Gasteiger partial charge in [0.1, 0.15) is 0 Å². The molecule has 25 heavy (non-hydrogen) atoms. The second kappa shape index (κ2) is 9.80. The van der Waals surface area contributed by atoms with Crippen LogP contribution in [0.3, 0.4) is 0 Å². The molecule has 1 aromatic carbocycles. The van der Waals surface area contributed by atoms with Gasteiger partial charge in [-0.1, -0.05) is 35.9 Å². The lowest BCUT2D eigenvalue weighted by Gasteiger charge is -2.08. The van der Waals surface area contributed by atoms with E-state index in [0.29, 0.717) is 9.90 Å². The molecule has 132 valence electrons. The average Bonchev–Trinajstić information content (AvgIpc) is 3.14. The molecule has 0 spiro atoms. The van der Waals surface area contributed by atoms with Gasteiger partial charge in [0.25, 0.3) is 11.8 Å². The highest BCUT2D eigenvalue weighted by Gasteiger charge is 2.10. The first-order chi connectivity index (χ1) is 12.1. The molecule has 1 aromatic heterocycles. The van der Waals surface area contributed by atoms with E-state index in [1.165, 1.54) is 11.3 Å². The molecule has 2 rings (SSSR count). The third-order valence-corrected chi connectivity index (χ3v) is 4.40. The summed E-state index contributed by atoms with van der Waals surface area (Å²) in [5.41, 5.74) is 0.778. The first-order valence-corrected chi connectivity index (χ1v) is 8.79. The number of nitrogens with one attached hydrogen (secondary N) is 2. The van der Waals surface area contributed by atoms with Crippen LogP contribution in [-0.2, 0) is 20.9 Å². The van der Waals surface area contributed by atoms with Gasteiger partial charge in [-0.05, 0) is 23.1 Å². The summed E-state index contributed by atoms with van der Waals surface area (Å²) in [5.74, 6) is -1.21. The number of amides is 2. The molecule has 0 atom stereocenters. The van der Waals surface area contributed by atoms with E-state index >= 15 is 0 Å². The molecule has 0 unspecified atom stereocenters. The largest absolute Gasteiger partial charge is 0.456 e. The van der Waals surface area contributed by atoms with Gasteiger partial charge in [-0.3, -0.25) is 14.4 Å². The summed E-state index contributed by atoms with van der Waals surface area (Å²) in [4.78, 5) is 35.5. The van der Waals surface area contributed by atoms with Crippen LogP contribution in [0.15, 0.2) is 41.8 Å². The van der Waals surface area contributed by atoms with Crippen molar-refractivity contribution in [2.75, 3.05) is 13.2 Å². The fourth-order valence-corrected chi connectivity index (χ4v) is 2.72. The Balaban J connectivity index is 1.60. The zero-order valence-corrected chi connectivity index (χ0v) is 14.9. The number of ether oxygens (including phenoxy) is 1. The van der Waals surface area contributed by atoms with Crippen LogP contribution in [-0.4, -0.2) is 30.9 Å². The summed E-state index contributed by atoms with van der Waals surface area (Å²) in [5, 5.41) is 7.58. The summed E-state index contributed by atoms with van der Waals surface area (Å²) >= 11 is 7.30. The number of rotatable bonds is 8. The fraction of sp³-hybridized carbons (Fsp3) is 0.235. The molecular formula is C17H17ClN2O4S. The van der Waals surface area contributed by atoms with E-state index < -0.39 is 11.9 Å². The number of carbonyl (C=O) groups excluding carboxylic acids is 3. The van der Waals surface area contributed by atoms with Crippen molar-refractivity contribution in [3.05, 3.63) is 57.2 Å². The summed E-state index contributed by atoms with van der Waals surface area (Å²) in [6.07, 6.45) is -0.00505. The smallest absolute Gasteiger partial charge is 0.308 e. The van der Waals surface area contributed by atoms with Gasteiger partial charge < -0.3 is 15.4 Å². The number of hydrogen-bond acceptors (Lipinski definition) is 5. The minimum Gasteiger partial charge on any atom is -0.456 e. The predicted octanol–water partition coefficient (Wildman–Crippen LogP) is 2.38. The van der Waals surface area contributed by atoms with Crippen molar-refractivity contribution < 1.29 is 19.1 Å². The van der Waals surface area contributed by atoms with Crippen molar-refractivity contribution in [2.24, 2.45) is 0 Å². The van der Waals surface area contributed by atoms with Crippen LogP contribution in [0.5, 0.6) is 0 Å². The number of thiophene rings is 1. The Kier molecular flexibility index (Phi) is 7.43. The lowest BCUT2D eigenvalue weighted by molar-refractivity contribution is -0.148. The Morgan fingerprint density at radius 2 is 1.88 bits per heavy atom. The minimum absolute atomic E-state index is 0.00505. The van der Waals surface area contributed by atoms with Crippen LogP contribution in [0.4, 0.5) is 0 Å². The van der Waals surface area contributed by atoms with E-state index in [9.17, 15) is 14.4 Å². The molecule has 0 bridgehead atoms. The number of halogens is 1. The van der Waals surface area contributed by atoms with E-state index in [4.69, 9.17) is 16.3 Å². The Hall–Kier alpha value is -2.38. The maximum atomic E-state index is 11.7. The van der Waals surface area contributed by atoms with Crippen LogP contribution in [0.2, 0.25) is 5.02 Å². The average molecular weight is 381 g/mol. The molecule has 8 heteroatoms. The Morgan fingerprint density at radius 3 is 2.60 bits per heavy atom. The second-order valence-corrected chi connectivity index (χ2v) is 6.37. The third-order valence-electron chi connectivity index (χ3n) is 3.16. The molecule has 0 aliphatic rings. The summed E-state index contributed by atoms with van der Waals surface area (Å²) < 4.78 is 4.86. The van der Waals surface area contributed by atoms with Crippen molar-refractivity contribution in [2.45, 2.75) is 13.0 Å². The van der Waals surface area contributed by atoms with Gasteiger partial charge in [-0.25, -0.2) is 0 Å². The van der Waals surface area contributed by atoms with Crippen molar-refractivity contribution in [1.82, 2.24) is 10.6 Å². The normalized spacial score (nSPS) is 10.1. The first kappa shape index (κ1) is 19.0. The van der Waals surface area contributed by atoms with Crippen LogP contribution >= 0.6 is 22.9 Å². The predicted molar refractivity (Wildman–Crippen MR) is 95.5 cm³/mol. The Bertz CT molecular complexity index is 734. The maximum Gasteiger partial charge on any atom is 0.308 e. The molecule has 0 saturated heterocycles. The molecule has 1 heterocycles. The molecule has 0 saturated carbocycles. The van der Waals surface area contributed by atoms with E-state index in [2.05, 4.69) is 10.6 Å². The Labute approximate surface area is 154 Å². The van der Waals surface area contributed by atoms with Crippen molar-refractivity contribution >= 4 is 40.7 Å². The number of carbonyl (C=O) groups is 3. The zero-order chi connectivity index (χ0) is 18.1. The summed E-state index contributed by atoms with van der Waals surface area (Å²) in [6.45, 7) is 0.0336. The van der Waals surface area contributed by atoms with Crippen molar-refractivity contribution in [3.8, 4) is 0 Å². The minimum atomic E-state index is -0.556. The SMILES string of the molecule is O=C(COC(=O)CCNC(=O)c1cccs1)NCc1ccccc1Cl. The second-order valence-electron chi connectivity index (χ2n) is 5.01. The molecule has 0 aliphatic heterocycles. The van der Waals surface area contributed by atoms with Crippen LogP contribution < -0.4 is 10.6 Å². The number of esters is 1. The van der Waals surface area contributed by atoms with Crippen LogP contribution in [0, 0.1) is 0 Å². The highest BCUT2D eigenvalue weighted by molar-refractivity contribution is 7.12. The summed E-state index contributed by atoms with van der Waals surface area (Å²) in [7, 11) is 0. The van der Waals surface area contributed by atoms with Gasteiger partial charge >= 0.3 is 5.97 Å². The van der Waals surface area contributed by atoms with E-state index in [-0.39, 0.29) is 32.0 Å². The maximum absolute atomic E-state index is 11.7. The third kappa shape index (κ3) is 6.56. The Morgan fingerprint density at radius 1 is 1.08 bits per heavy atom. The zero-order valence-electron chi connectivity index (χ0n) is 13.3. The standard InChI is InChI=1S/C17H17ClN2O4S/c18-13-5-2-1-4-12(13)10-20-15(21)11-24-16(22)7-8-19-17(23)14-6-3-9-25-14/h1-6,9H,7-8,10-11H2,(H,19,23)(H,20,21). The van der Waals surface area contributed by atoms with E-state index in [0.717, 1.165) is 5.56 Å².